The lowest BCUT2D eigenvalue weighted by atomic mass is 9.79. The first-order chi connectivity index (χ1) is 8.26. The zero-order valence-corrected chi connectivity index (χ0v) is 9.80. The van der Waals surface area contributed by atoms with Crippen molar-refractivity contribution in [2.75, 3.05) is 18.0 Å². The average molecular weight is 229 g/mol. The fourth-order valence-electron chi connectivity index (χ4n) is 2.00. The molecule has 0 aromatic heterocycles. The molecule has 1 aliphatic rings. The molecule has 0 fully saturated rings. The van der Waals surface area contributed by atoms with Crippen molar-refractivity contribution in [3.05, 3.63) is 49.1 Å². The van der Waals surface area contributed by atoms with Gasteiger partial charge >= 0.3 is 7.12 Å². The molecule has 0 bridgehead atoms. The third kappa shape index (κ3) is 2.43. The van der Waals surface area contributed by atoms with Gasteiger partial charge in [0.25, 0.3) is 0 Å². The van der Waals surface area contributed by atoms with E-state index in [9.17, 15) is 5.02 Å². The van der Waals surface area contributed by atoms with Crippen molar-refractivity contribution in [1.29, 1.82) is 0 Å². The Balaban J connectivity index is 2.28. The zero-order valence-electron chi connectivity index (χ0n) is 9.80. The van der Waals surface area contributed by atoms with Gasteiger partial charge in [-0.15, -0.1) is 13.2 Å². The fraction of sp³-hybridized carbons (Fsp3) is 0.231. The van der Waals surface area contributed by atoms with Crippen LogP contribution in [-0.2, 0) is 11.3 Å². The van der Waals surface area contributed by atoms with E-state index in [1.807, 2.05) is 30.4 Å². The van der Waals surface area contributed by atoms with Gasteiger partial charge in [0.15, 0.2) is 0 Å². The molecule has 0 radical (unpaired) electrons. The van der Waals surface area contributed by atoms with Gasteiger partial charge in [-0.1, -0.05) is 18.2 Å². The Morgan fingerprint density at radius 1 is 1.35 bits per heavy atom. The highest BCUT2D eigenvalue weighted by Gasteiger charge is 2.27. The van der Waals surface area contributed by atoms with Crippen molar-refractivity contribution >= 4 is 18.3 Å². The van der Waals surface area contributed by atoms with Gasteiger partial charge in [-0.3, -0.25) is 0 Å². The maximum Gasteiger partial charge on any atom is 0.491 e. The number of rotatable bonds is 5. The summed E-state index contributed by atoms with van der Waals surface area (Å²) in [7, 11) is -0.792. The molecule has 0 amide bonds. The largest absolute Gasteiger partial charge is 0.491 e. The van der Waals surface area contributed by atoms with Crippen LogP contribution in [0.1, 0.15) is 5.56 Å². The van der Waals surface area contributed by atoms with Gasteiger partial charge < -0.3 is 14.6 Å². The molecule has 0 saturated heterocycles. The van der Waals surface area contributed by atoms with Crippen LogP contribution in [0.5, 0.6) is 0 Å². The average Bonchev–Trinajstić information content (AvgIpc) is 2.71. The number of nitrogens with zero attached hydrogens (tertiary/aromatic N) is 1. The Morgan fingerprint density at radius 2 is 2.06 bits per heavy atom. The summed E-state index contributed by atoms with van der Waals surface area (Å²) in [5.74, 6) is 0. The van der Waals surface area contributed by atoms with Crippen LogP contribution in [0.3, 0.4) is 0 Å². The van der Waals surface area contributed by atoms with Crippen LogP contribution >= 0.6 is 0 Å². The first-order valence-corrected chi connectivity index (χ1v) is 5.65. The molecular weight excluding hydrogens is 213 g/mol. The predicted molar refractivity (Wildman–Crippen MR) is 71.4 cm³/mol. The second-order valence-electron chi connectivity index (χ2n) is 4.03. The van der Waals surface area contributed by atoms with Crippen molar-refractivity contribution in [2.24, 2.45) is 0 Å². The van der Waals surface area contributed by atoms with Gasteiger partial charge in [-0.25, -0.2) is 0 Å². The van der Waals surface area contributed by atoms with Crippen LogP contribution in [-0.4, -0.2) is 25.2 Å². The van der Waals surface area contributed by atoms with E-state index in [1.54, 1.807) is 0 Å². The standard InChI is InChI=1S/C13H16BNO2/c1-3-7-15(8-4-2)12-6-5-11-10-17-14(16)13(11)9-12/h3-6,9,16H,1-2,7-8,10H2. The van der Waals surface area contributed by atoms with Crippen LogP contribution in [0, 0.1) is 0 Å². The topological polar surface area (TPSA) is 32.7 Å². The van der Waals surface area contributed by atoms with Gasteiger partial charge in [-0.2, -0.15) is 0 Å². The van der Waals surface area contributed by atoms with E-state index >= 15 is 0 Å². The van der Waals surface area contributed by atoms with Crippen LogP contribution in [0.4, 0.5) is 5.69 Å². The molecule has 3 nitrogen and oxygen atoms in total. The number of anilines is 1. The van der Waals surface area contributed by atoms with E-state index in [2.05, 4.69) is 18.1 Å². The summed E-state index contributed by atoms with van der Waals surface area (Å²) >= 11 is 0. The Bertz CT molecular complexity index is 423. The minimum Gasteiger partial charge on any atom is -0.423 e. The minimum absolute atomic E-state index is 0.486. The summed E-state index contributed by atoms with van der Waals surface area (Å²) in [5, 5.41) is 9.67. The summed E-state index contributed by atoms with van der Waals surface area (Å²) < 4.78 is 5.17. The zero-order chi connectivity index (χ0) is 12.3. The number of benzene rings is 1. The van der Waals surface area contributed by atoms with E-state index in [-0.39, 0.29) is 0 Å². The molecule has 4 heteroatoms. The summed E-state index contributed by atoms with van der Waals surface area (Å²) in [6.45, 7) is 9.48. The van der Waals surface area contributed by atoms with Crippen molar-refractivity contribution < 1.29 is 9.68 Å². The Hall–Kier alpha value is -1.52. The summed E-state index contributed by atoms with van der Waals surface area (Å²) in [6.07, 6.45) is 3.70. The first kappa shape index (κ1) is 12.0. The number of hydrogen-bond acceptors (Lipinski definition) is 3. The number of hydrogen-bond donors (Lipinski definition) is 1. The minimum atomic E-state index is -0.792. The summed E-state index contributed by atoms with van der Waals surface area (Å²) in [5.41, 5.74) is 2.96. The number of fused-ring (bicyclic) bond motifs is 1. The molecule has 0 aliphatic carbocycles. The van der Waals surface area contributed by atoms with Crippen molar-refractivity contribution in [1.82, 2.24) is 0 Å². The Morgan fingerprint density at radius 3 is 2.71 bits per heavy atom. The highest BCUT2D eigenvalue weighted by molar-refractivity contribution is 6.61. The second kappa shape index (κ2) is 5.21. The van der Waals surface area contributed by atoms with Gasteiger partial charge in [0.1, 0.15) is 0 Å². The van der Waals surface area contributed by atoms with Gasteiger partial charge in [0.2, 0.25) is 0 Å². The molecule has 1 aliphatic heterocycles. The molecule has 1 heterocycles. The van der Waals surface area contributed by atoms with E-state index in [0.29, 0.717) is 6.61 Å². The molecular formula is C13H16BNO2. The van der Waals surface area contributed by atoms with Crippen LogP contribution in [0.15, 0.2) is 43.5 Å². The summed E-state index contributed by atoms with van der Waals surface area (Å²) in [6, 6.07) is 6.01. The quantitative estimate of drug-likeness (QED) is 0.605. The Kier molecular flexibility index (Phi) is 3.66. The van der Waals surface area contributed by atoms with Crippen LogP contribution < -0.4 is 10.4 Å². The van der Waals surface area contributed by atoms with E-state index in [1.165, 1.54) is 0 Å². The third-order valence-electron chi connectivity index (χ3n) is 2.86. The molecule has 0 saturated carbocycles. The van der Waals surface area contributed by atoms with E-state index in [0.717, 1.165) is 29.8 Å². The van der Waals surface area contributed by atoms with Crippen LogP contribution in [0.2, 0.25) is 0 Å². The molecule has 1 N–H and O–H groups in total. The monoisotopic (exact) mass is 229 g/mol. The van der Waals surface area contributed by atoms with Gasteiger partial charge in [0, 0.05) is 18.8 Å². The van der Waals surface area contributed by atoms with Crippen molar-refractivity contribution in [3.8, 4) is 0 Å². The van der Waals surface area contributed by atoms with Crippen LogP contribution in [0.25, 0.3) is 0 Å². The van der Waals surface area contributed by atoms with Gasteiger partial charge in [-0.05, 0) is 23.2 Å². The maximum absolute atomic E-state index is 9.67. The SMILES string of the molecule is C=CCN(CC=C)c1ccc2c(c1)B(O)OC2. The van der Waals surface area contributed by atoms with E-state index in [4.69, 9.17) is 4.65 Å². The molecule has 0 atom stereocenters. The lowest BCUT2D eigenvalue weighted by molar-refractivity contribution is 0.275. The lowest BCUT2D eigenvalue weighted by Gasteiger charge is -2.22. The highest BCUT2D eigenvalue weighted by atomic mass is 16.5. The molecule has 88 valence electrons. The molecule has 17 heavy (non-hydrogen) atoms. The molecule has 1 aromatic carbocycles. The molecule has 0 spiro atoms. The second-order valence-corrected chi connectivity index (χ2v) is 4.03. The maximum atomic E-state index is 9.67. The van der Waals surface area contributed by atoms with E-state index < -0.39 is 7.12 Å². The van der Waals surface area contributed by atoms with Crippen molar-refractivity contribution in [2.45, 2.75) is 6.61 Å². The summed E-state index contributed by atoms with van der Waals surface area (Å²) in [4.78, 5) is 2.13. The lowest BCUT2D eigenvalue weighted by Crippen LogP contribution is -2.30. The predicted octanol–water partition coefficient (Wildman–Crippen LogP) is 1.08. The highest BCUT2D eigenvalue weighted by Crippen LogP contribution is 2.18. The Labute approximate surface area is 102 Å². The fourth-order valence-corrected chi connectivity index (χ4v) is 2.00. The molecule has 1 aromatic rings. The molecule has 0 unspecified atom stereocenters. The smallest absolute Gasteiger partial charge is 0.423 e. The van der Waals surface area contributed by atoms with Gasteiger partial charge in [0.05, 0.1) is 6.61 Å². The normalized spacial score (nSPS) is 13.4. The first-order valence-electron chi connectivity index (χ1n) is 5.65. The third-order valence-corrected chi connectivity index (χ3v) is 2.86. The molecule has 2 rings (SSSR count). The van der Waals surface area contributed by atoms with Crippen molar-refractivity contribution in [3.63, 3.8) is 0 Å².